The number of rotatable bonds is 5. The number of ether oxygens (including phenoxy) is 1. The van der Waals surface area contributed by atoms with Crippen LogP contribution < -0.4 is 5.32 Å². The van der Waals surface area contributed by atoms with Gasteiger partial charge in [-0.3, -0.25) is 4.79 Å². The number of hydrogen-bond acceptors (Lipinski definition) is 4. The van der Waals surface area contributed by atoms with Crippen LogP contribution in [-0.2, 0) is 4.74 Å². The number of furan rings is 1. The van der Waals surface area contributed by atoms with Crippen molar-refractivity contribution in [3.63, 3.8) is 0 Å². The highest BCUT2D eigenvalue weighted by atomic mass is 35.5. The van der Waals surface area contributed by atoms with Crippen LogP contribution in [-0.4, -0.2) is 19.6 Å². The lowest BCUT2D eigenvalue weighted by Crippen LogP contribution is -2.28. The Kier molecular flexibility index (Phi) is 4.41. The van der Waals surface area contributed by atoms with Crippen LogP contribution in [0.2, 0.25) is 4.34 Å². The minimum absolute atomic E-state index is 0.207. The van der Waals surface area contributed by atoms with Crippen LogP contribution in [0.5, 0.6) is 0 Å². The summed E-state index contributed by atoms with van der Waals surface area (Å²) < 4.78 is 11.0. The Morgan fingerprint density at radius 3 is 2.94 bits per heavy atom. The van der Waals surface area contributed by atoms with Gasteiger partial charge in [-0.15, -0.1) is 11.3 Å². The summed E-state index contributed by atoms with van der Waals surface area (Å²) in [5.41, 5.74) is 0. The Hall–Kier alpha value is -1.30. The first-order valence-corrected chi connectivity index (χ1v) is 6.50. The molecule has 1 N–H and O–H groups in total. The van der Waals surface area contributed by atoms with Crippen molar-refractivity contribution in [3.05, 3.63) is 45.5 Å². The van der Waals surface area contributed by atoms with Crippen molar-refractivity contribution in [2.24, 2.45) is 0 Å². The fraction of sp³-hybridized carbons (Fsp3) is 0.250. The summed E-state index contributed by atoms with van der Waals surface area (Å²) in [4.78, 5) is 12.7. The molecule has 1 atom stereocenters. The predicted molar refractivity (Wildman–Crippen MR) is 70.1 cm³/mol. The second-order valence-electron chi connectivity index (χ2n) is 3.55. The van der Waals surface area contributed by atoms with E-state index in [4.69, 9.17) is 20.8 Å². The van der Waals surface area contributed by atoms with Crippen LogP contribution in [0.15, 0.2) is 34.9 Å². The fourth-order valence-corrected chi connectivity index (χ4v) is 2.62. The smallest absolute Gasteiger partial charge is 0.287 e. The van der Waals surface area contributed by atoms with Crippen molar-refractivity contribution in [1.82, 2.24) is 5.32 Å². The number of methoxy groups -OCH3 is 1. The molecule has 0 spiro atoms. The molecule has 6 heteroatoms. The zero-order valence-electron chi connectivity index (χ0n) is 9.68. The molecule has 0 aliphatic rings. The first-order valence-electron chi connectivity index (χ1n) is 5.30. The van der Waals surface area contributed by atoms with E-state index in [9.17, 15) is 4.79 Å². The Balaban J connectivity index is 1.94. The van der Waals surface area contributed by atoms with E-state index in [-0.39, 0.29) is 17.8 Å². The van der Waals surface area contributed by atoms with Gasteiger partial charge in [0.05, 0.1) is 10.6 Å². The standard InChI is InChI=1S/C12H12ClNO3S/c1-16-9(10-4-5-11(13)18-10)7-14-12(15)8-3-2-6-17-8/h2-6,9H,7H2,1H3,(H,14,15). The molecule has 2 heterocycles. The molecule has 0 aliphatic carbocycles. The molecule has 1 amide bonds. The monoisotopic (exact) mass is 285 g/mol. The molecule has 2 aromatic rings. The third-order valence-electron chi connectivity index (χ3n) is 2.39. The summed E-state index contributed by atoms with van der Waals surface area (Å²) in [6.45, 7) is 0.368. The second kappa shape index (κ2) is 6.04. The van der Waals surface area contributed by atoms with Gasteiger partial charge >= 0.3 is 0 Å². The van der Waals surface area contributed by atoms with E-state index in [1.54, 1.807) is 19.2 Å². The maximum Gasteiger partial charge on any atom is 0.287 e. The quantitative estimate of drug-likeness (QED) is 0.918. The maximum atomic E-state index is 11.7. The largest absolute Gasteiger partial charge is 0.459 e. The molecule has 2 rings (SSSR count). The summed E-state index contributed by atoms with van der Waals surface area (Å²) in [6, 6.07) is 6.98. The van der Waals surface area contributed by atoms with E-state index in [1.165, 1.54) is 17.6 Å². The van der Waals surface area contributed by atoms with Gasteiger partial charge in [-0.25, -0.2) is 0 Å². The molecule has 0 radical (unpaired) electrons. The molecule has 0 fully saturated rings. The molecule has 0 saturated carbocycles. The van der Waals surface area contributed by atoms with Crippen LogP contribution in [0.1, 0.15) is 21.5 Å². The first-order chi connectivity index (χ1) is 8.70. The van der Waals surface area contributed by atoms with E-state index in [1.807, 2.05) is 12.1 Å². The number of halogens is 1. The molecule has 0 bridgehead atoms. The highest BCUT2D eigenvalue weighted by Gasteiger charge is 2.15. The minimum atomic E-state index is -0.260. The summed E-state index contributed by atoms with van der Waals surface area (Å²) in [5, 5.41) is 2.75. The Labute approximate surface area is 114 Å². The summed E-state index contributed by atoms with van der Waals surface area (Å²) in [6.07, 6.45) is 1.25. The van der Waals surface area contributed by atoms with Crippen molar-refractivity contribution in [3.8, 4) is 0 Å². The second-order valence-corrected chi connectivity index (χ2v) is 5.30. The third kappa shape index (κ3) is 3.13. The normalized spacial score (nSPS) is 12.3. The maximum absolute atomic E-state index is 11.7. The number of hydrogen-bond donors (Lipinski definition) is 1. The van der Waals surface area contributed by atoms with Crippen molar-refractivity contribution < 1.29 is 13.9 Å². The molecular formula is C12H12ClNO3S. The molecular weight excluding hydrogens is 274 g/mol. The lowest BCUT2D eigenvalue weighted by molar-refractivity contribution is 0.0816. The van der Waals surface area contributed by atoms with Gasteiger partial charge in [-0.2, -0.15) is 0 Å². The lowest BCUT2D eigenvalue weighted by Gasteiger charge is -2.13. The lowest BCUT2D eigenvalue weighted by atomic mass is 10.3. The molecule has 2 aromatic heterocycles. The number of thiophene rings is 1. The van der Waals surface area contributed by atoms with Crippen molar-refractivity contribution in [1.29, 1.82) is 0 Å². The zero-order chi connectivity index (χ0) is 13.0. The van der Waals surface area contributed by atoms with E-state index in [0.717, 1.165) is 4.88 Å². The average Bonchev–Trinajstić information content (AvgIpc) is 3.01. The number of carbonyl (C=O) groups is 1. The molecule has 4 nitrogen and oxygen atoms in total. The van der Waals surface area contributed by atoms with Gasteiger partial charge < -0.3 is 14.5 Å². The van der Waals surface area contributed by atoms with Crippen LogP contribution >= 0.6 is 22.9 Å². The van der Waals surface area contributed by atoms with Gasteiger partial charge in [-0.05, 0) is 24.3 Å². The van der Waals surface area contributed by atoms with E-state index in [0.29, 0.717) is 10.9 Å². The highest BCUT2D eigenvalue weighted by Crippen LogP contribution is 2.28. The topological polar surface area (TPSA) is 51.5 Å². The van der Waals surface area contributed by atoms with Crippen LogP contribution in [0.3, 0.4) is 0 Å². The Bertz CT molecular complexity index is 509. The molecule has 18 heavy (non-hydrogen) atoms. The summed E-state index contributed by atoms with van der Waals surface area (Å²) in [7, 11) is 1.59. The predicted octanol–water partition coefficient (Wildman–Crippen LogP) is 3.11. The van der Waals surface area contributed by atoms with E-state index >= 15 is 0 Å². The van der Waals surface area contributed by atoms with Crippen molar-refractivity contribution in [2.75, 3.05) is 13.7 Å². The van der Waals surface area contributed by atoms with Gasteiger partial charge in [0.1, 0.15) is 6.10 Å². The van der Waals surface area contributed by atoms with E-state index < -0.39 is 0 Å². The van der Waals surface area contributed by atoms with Gasteiger partial charge in [-0.1, -0.05) is 11.6 Å². The Morgan fingerprint density at radius 1 is 1.56 bits per heavy atom. The first kappa shape index (κ1) is 13.1. The minimum Gasteiger partial charge on any atom is -0.459 e. The average molecular weight is 286 g/mol. The fourth-order valence-electron chi connectivity index (χ4n) is 1.48. The zero-order valence-corrected chi connectivity index (χ0v) is 11.3. The SMILES string of the molecule is COC(CNC(=O)c1ccco1)c1ccc(Cl)s1. The van der Waals surface area contributed by atoms with Crippen LogP contribution in [0.4, 0.5) is 0 Å². The number of amides is 1. The van der Waals surface area contributed by atoms with Gasteiger partial charge in [0.25, 0.3) is 5.91 Å². The highest BCUT2D eigenvalue weighted by molar-refractivity contribution is 7.16. The molecule has 1 unspecified atom stereocenters. The van der Waals surface area contributed by atoms with Crippen LogP contribution in [0.25, 0.3) is 0 Å². The Morgan fingerprint density at radius 2 is 2.39 bits per heavy atom. The number of nitrogens with one attached hydrogen (secondary N) is 1. The molecule has 0 aliphatic heterocycles. The van der Waals surface area contributed by atoms with Crippen molar-refractivity contribution >= 4 is 28.8 Å². The number of carbonyl (C=O) groups excluding carboxylic acids is 1. The van der Waals surface area contributed by atoms with E-state index in [2.05, 4.69) is 5.32 Å². The summed E-state index contributed by atoms with van der Waals surface area (Å²) >= 11 is 7.30. The molecule has 0 aromatic carbocycles. The van der Waals surface area contributed by atoms with Gasteiger partial charge in [0.15, 0.2) is 5.76 Å². The van der Waals surface area contributed by atoms with Crippen LogP contribution in [0, 0.1) is 0 Å². The van der Waals surface area contributed by atoms with Gasteiger partial charge in [0, 0.05) is 18.5 Å². The molecule has 96 valence electrons. The third-order valence-corrected chi connectivity index (χ3v) is 3.71. The summed E-state index contributed by atoms with van der Waals surface area (Å²) in [5.74, 6) is 0.0266. The van der Waals surface area contributed by atoms with Crippen molar-refractivity contribution in [2.45, 2.75) is 6.10 Å². The molecule has 0 saturated heterocycles. The van der Waals surface area contributed by atoms with Gasteiger partial charge in [0.2, 0.25) is 0 Å².